The Morgan fingerprint density at radius 2 is 2.10 bits per heavy atom. The molecule has 1 N–H and O–H groups in total. The van der Waals surface area contributed by atoms with Crippen LogP contribution in [0.15, 0.2) is 23.2 Å². The fourth-order valence-electron chi connectivity index (χ4n) is 2.02. The largest absolute Gasteiger partial charge is 0.373 e. The van der Waals surface area contributed by atoms with E-state index in [9.17, 15) is 16.8 Å². The van der Waals surface area contributed by atoms with Gasteiger partial charge >= 0.3 is 0 Å². The molecule has 1 aliphatic heterocycles. The van der Waals surface area contributed by atoms with Gasteiger partial charge in [-0.2, -0.15) is 16.1 Å². The minimum atomic E-state index is -3.87. The average molecular weight is 351 g/mol. The molecule has 1 aromatic heterocycles. The van der Waals surface area contributed by atoms with E-state index in [0.717, 1.165) is 10.6 Å². The monoisotopic (exact) mass is 351 g/mol. The zero-order valence-electron chi connectivity index (χ0n) is 11.7. The number of aromatic nitrogens is 1. The summed E-state index contributed by atoms with van der Waals surface area (Å²) < 4.78 is 50.2. The first-order valence-corrected chi connectivity index (χ1v) is 10.7. The van der Waals surface area contributed by atoms with Gasteiger partial charge in [-0.25, -0.2) is 21.8 Å². The van der Waals surface area contributed by atoms with Gasteiger partial charge in [0.1, 0.15) is 11.2 Å². The topological polar surface area (TPSA) is 96.4 Å². The van der Waals surface area contributed by atoms with Gasteiger partial charge in [-0.3, -0.25) is 0 Å². The maximum atomic E-state index is 12.7. The molecule has 0 aliphatic carbocycles. The second-order valence-electron chi connectivity index (χ2n) is 4.60. The summed E-state index contributed by atoms with van der Waals surface area (Å²) in [6.45, 7) is 0.182. The van der Waals surface area contributed by atoms with Crippen LogP contribution in [-0.2, 0) is 19.9 Å². The zero-order chi connectivity index (χ0) is 15.7. The number of anilines is 1. The van der Waals surface area contributed by atoms with E-state index in [1.165, 1.54) is 30.1 Å². The minimum absolute atomic E-state index is 0.0439. The molecule has 1 fully saturated rings. The third-order valence-electron chi connectivity index (χ3n) is 3.13. The van der Waals surface area contributed by atoms with E-state index in [0.29, 0.717) is 11.6 Å². The lowest BCUT2D eigenvalue weighted by atomic mass is 10.5. The highest BCUT2D eigenvalue weighted by atomic mass is 32.2. The molecule has 0 aromatic carbocycles. The number of pyridine rings is 1. The Balaban J connectivity index is 2.45. The van der Waals surface area contributed by atoms with Crippen molar-refractivity contribution in [3.63, 3.8) is 0 Å². The molecular formula is C11H17N3O4S3. The number of hydrogen-bond acceptors (Lipinski definition) is 7. The smallest absolute Gasteiger partial charge is 0.244 e. The van der Waals surface area contributed by atoms with Gasteiger partial charge in [0.05, 0.1) is 4.90 Å². The van der Waals surface area contributed by atoms with Crippen LogP contribution in [0.3, 0.4) is 0 Å². The van der Waals surface area contributed by atoms with Crippen LogP contribution >= 0.6 is 11.8 Å². The van der Waals surface area contributed by atoms with Crippen LogP contribution in [0.1, 0.15) is 0 Å². The first-order chi connectivity index (χ1) is 9.76. The Morgan fingerprint density at radius 1 is 1.38 bits per heavy atom. The number of nitrogens with one attached hydrogen (secondary N) is 1. The summed E-state index contributed by atoms with van der Waals surface area (Å²) in [5.74, 6) is 1.25. The van der Waals surface area contributed by atoms with Crippen molar-refractivity contribution < 1.29 is 16.8 Å². The van der Waals surface area contributed by atoms with Gasteiger partial charge < -0.3 is 5.32 Å². The van der Waals surface area contributed by atoms with Gasteiger partial charge in [0.15, 0.2) is 9.84 Å². The maximum Gasteiger partial charge on any atom is 0.244 e. The van der Waals surface area contributed by atoms with Crippen molar-refractivity contribution in [1.29, 1.82) is 0 Å². The van der Waals surface area contributed by atoms with E-state index in [4.69, 9.17) is 0 Å². The first kappa shape index (κ1) is 16.5. The number of sulfonamides is 1. The summed E-state index contributed by atoms with van der Waals surface area (Å²) >= 11 is 1.44. The normalized spacial score (nSPS) is 21.1. The summed E-state index contributed by atoms with van der Waals surface area (Å²) in [7, 11) is -5.72. The van der Waals surface area contributed by atoms with E-state index < -0.39 is 25.2 Å². The van der Waals surface area contributed by atoms with Crippen molar-refractivity contribution in [1.82, 2.24) is 9.29 Å². The summed E-state index contributed by atoms with van der Waals surface area (Å²) in [5, 5.41) is 1.75. The molecule has 1 aliphatic rings. The Morgan fingerprint density at radius 3 is 2.71 bits per heavy atom. The number of hydrogen-bond donors (Lipinski definition) is 1. The van der Waals surface area contributed by atoms with E-state index in [-0.39, 0.29) is 17.2 Å². The molecule has 7 nitrogen and oxygen atoms in total. The molecule has 2 heterocycles. The van der Waals surface area contributed by atoms with Crippen molar-refractivity contribution in [2.45, 2.75) is 10.3 Å². The van der Waals surface area contributed by atoms with Gasteiger partial charge in [-0.1, -0.05) is 0 Å². The highest BCUT2D eigenvalue weighted by molar-refractivity contribution is 8.01. The Bertz CT molecular complexity index is 718. The summed E-state index contributed by atoms with van der Waals surface area (Å²) in [6.07, 6.45) is 2.45. The van der Waals surface area contributed by atoms with Gasteiger partial charge in [-0.05, 0) is 6.07 Å². The van der Waals surface area contributed by atoms with E-state index in [2.05, 4.69) is 10.3 Å². The molecule has 0 saturated carbocycles. The first-order valence-electron chi connectivity index (χ1n) is 6.19. The van der Waals surface area contributed by atoms with E-state index >= 15 is 0 Å². The molecule has 10 heteroatoms. The van der Waals surface area contributed by atoms with Gasteiger partial charge in [0.2, 0.25) is 10.0 Å². The SMILES string of the molecule is CNc1cc(S(=O)(=O)N2CCSCC2S(C)(=O)=O)ccn1. The average Bonchev–Trinajstić information content (AvgIpc) is 2.46. The second kappa shape index (κ2) is 6.11. The molecule has 0 bridgehead atoms. The molecule has 1 aromatic rings. The number of thioether (sulfide) groups is 1. The van der Waals surface area contributed by atoms with Crippen LogP contribution in [0, 0.1) is 0 Å². The quantitative estimate of drug-likeness (QED) is 0.829. The van der Waals surface area contributed by atoms with Crippen LogP contribution in [-0.4, -0.2) is 62.9 Å². The van der Waals surface area contributed by atoms with E-state index in [1.54, 1.807) is 7.05 Å². The molecule has 2 rings (SSSR count). The van der Waals surface area contributed by atoms with Gasteiger partial charge in [-0.15, -0.1) is 0 Å². The standard InChI is InChI=1S/C11H17N3O4S3/c1-12-10-7-9(3-4-13-10)21(17,18)14-5-6-19-8-11(14)20(2,15)16/h3-4,7,11H,5-6,8H2,1-2H3,(H,12,13). The fourth-order valence-corrected chi connectivity index (χ4v) is 7.20. The molecule has 0 radical (unpaired) electrons. The highest BCUT2D eigenvalue weighted by Crippen LogP contribution is 2.27. The van der Waals surface area contributed by atoms with Crippen molar-refractivity contribution in [2.75, 3.05) is 36.7 Å². The third-order valence-corrected chi connectivity index (χ3v) is 7.81. The predicted molar refractivity (Wildman–Crippen MR) is 83.6 cm³/mol. The second-order valence-corrected chi connectivity index (χ2v) is 9.85. The Labute approximate surface area is 129 Å². The van der Waals surface area contributed by atoms with Gasteiger partial charge in [0, 0.05) is 43.6 Å². The molecular weight excluding hydrogens is 334 g/mol. The lowest BCUT2D eigenvalue weighted by Gasteiger charge is -2.32. The van der Waals surface area contributed by atoms with Crippen LogP contribution in [0.2, 0.25) is 0 Å². The molecule has 0 spiro atoms. The predicted octanol–water partition coefficient (Wildman–Crippen LogP) is 0.232. The number of rotatable bonds is 4. The lowest BCUT2D eigenvalue weighted by molar-refractivity contribution is 0.405. The van der Waals surface area contributed by atoms with Crippen molar-refractivity contribution >= 4 is 37.4 Å². The Hall–Kier alpha value is -0.840. The molecule has 118 valence electrons. The van der Waals surface area contributed by atoms with Crippen LogP contribution < -0.4 is 5.32 Å². The van der Waals surface area contributed by atoms with Crippen LogP contribution in [0.4, 0.5) is 5.82 Å². The number of sulfone groups is 1. The summed E-state index contributed by atoms with van der Waals surface area (Å²) in [5.41, 5.74) is 0. The molecule has 1 saturated heterocycles. The molecule has 21 heavy (non-hydrogen) atoms. The minimum Gasteiger partial charge on any atom is -0.373 e. The van der Waals surface area contributed by atoms with Crippen LogP contribution in [0.5, 0.6) is 0 Å². The Kier molecular flexibility index (Phi) is 4.81. The molecule has 0 amide bonds. The molecule has 1 unspecified atom stereocenters. The van der Waals surface area contributed by atoms with E-state index in [1.807, 2.05) is 0 Å². The van der Waals surface area contributed by atoms with Crippen molar-refractivity contribution in [3.05, 3.63) is 18.3 Å². The third kappa shape index (κ3) is 3.50. The van der Waals surface area contributed by atoms with Crippen molar-refractivity contribution in [2.24, 2.45) is 0 Å². The fraction of sp³-hybridized carbons (Fsp3) is 0.545. The van der Waals surface area contributed by atoms with Gasteiger partial charge in [0.25, 0.3) is 0 Å². The summed E-state index contributed by atoms with van der Waals surface area (Å²) in [4.78, 5) is 4.01. The molecule has 1 atom stereocenters. The van der Waals surface area contributed by atoms with Crippen LogP contribution in [0.25, 0.3) is 0 Å². The highest BCUT2D eigenvalue weighted by Gasteiger charge is 2.39. The maximum absolute atomic E-state index is 12.7. The number of nitrogens with zero attached hydrogens (tertiary/aromatic N) is 2. The lowest BCUT2D eigenvalue weighted by Crippen LogP contribution is -2.49. The zero-order valence-corrected chi connectivity index (χ0v) is 14.1. The van der Waals surface area contributed by atoms with Crippen molar-refractivity contribution in [3.8, 4) is 0 Å². The summed E-state index contributed by atoms with van der Waals surface area (Å²) in [6, 6.07) is 2.77.